The topological polar surface area (TPSA) is 29.9 Å². The Kier molecular flexibility index (Phi) is 4.73. The lowest BCUT2D eigenvalue weighted by atomic mass is 10.0. The highest BCUT2D eigenvalue weighted by atomic mass is 32.2. The molecular weight excluding hydrogens is 242 g/mol. The Balaban J connectivity index is 1.99. The van der Waals surface area contributed by atoms with Crippen molar-refractivity contribution >= 4 is 11.8 Å². The first-order chi connectivity index (χ1) is 8.63. The Morgan fingerprint density at radius 1 is 1.50 bits per heavy atom. The van der Waals surface area contributed by atoms with E-state index in [4.69, 9.17) is 0 Å². The number of nitrogens with one attached hydrogen (secondary N) is 1. The summed E-state index contributed by atoms with van der Waals surface area (Å²) in [7, 11) is 0. The highest BCUT2D eigenvalue weighted by Gasteiger charge is 2.20. The molecule has 18 heavy (non-hydrogen) atoms. The number of thioether (sulfide) groups is 1. The highest BCUT2D eigenvalue weighted by Crippen LogP contribution is 2.25. The maximum atomic E-state index is 4.60. The van der Waals surface area contributed by atoms with Crippen LogP contribution in [0.1, 0.15) is 43.3 Å². The molecular formula is C14H25N3S. The maximum absolute atomic E-state index is 4.60. The number of hydrogen-bond acceptors (Lipinski definition) is 3. The lowest BCUT2D eigenvalue weighted by molar-refractivity contribution is 0.475. The fourth-order valence-corrected chi connectivity index (χ4v) is 4.12. The van der Waals surface area contributed by atoms with Gasteiger partial charge in [-0.2, -0.15) is 16.9 Å². The van der Waals surface area contributed by atoms with Crippen molar-refractivity contribution in [2.75, 3.05) is 18.1 Å². The molecule has 0 saturated carbocycles. The van der Waals surface area contributed by atoms with Crippen LogP contribution in [-0.2, 0) is 6.54 Å². The summed E-state index contributed by atoms with van der Waals surface area (Å²) in [5.41, 5.74) is 3.88. The van der Waals surface area contributed by atoms with Gasteiger partial charge in [0, 0.05) is 23.8 Å². The lowest BCUT2D eigenvalue weighted by Crippen LogP contribution is -2.26. The van der Waals surface area contributed by atoms with Gasteiger partial charge in [0.15, 0.2) is 0 Å². The van der Waals surface area contributed by atoms with Crippen molar-refractivity contribution in [3.63, 3.8) is 0 Å². The molecule has 1 fully saturated rings. The van der Waals surface area contributed by atoms with Crippen LogP contribution >= 0.6 is 11.8 Å². The van der Waals surface area contributed by atoms with Crippen LogP contribution in [0, 0.1) is 19.8 Å². The van der Waals surface area contributed by atoms with Gasteiger partial charge in [-0.3, -0.25) is 4.68 Å². The van der Waals surface area contributed by atoms with Crippen LogP contribution in [0.5, 0.6) is 0 Å². The van der Waals surface area contributed by atoms with Gasteiger partial charge in [0.25, 0.3) is 0 Å². The second-order valence-electron chi connectivity index (χ2n) is 5.26. The summed E-state index contributed by atoms with van der Waals surface area (Å²) < 4.78 is 2.11. The van der Waals surface area contributed by atoms with Crippen molar-refractivity contribution in [3.8, 4) is 0 Å². The van der Waals surface area contributed by atoms with Gasteiger partial charge in [-0.15, -0.1) is 0 Å². The predicted octanol–water partition coefficient (Wildman–Crippen LogP) is 2.92. The third-order valence-electron chi connectivity index (χ3n) is 3.91. The van der Waals surface area contributed by atoms with Crippen LogP contribution in [0.3, 0.4) is 0 Å². The molecule has 2 atom stereocenters. The van der Waals surface area contributed by atoms with E-state index in [1.54, 1.807) is 0 Å². The average molecular weight is 267 g/mol. The van der Waals surface area contributed by atoms with Crippen LogP contribution in [-0.4, -0.2) is 27.8 Å². The number of rotatable bonds is 5. The summed E-state index contributed by atoms with van der Waals surface area (Å²) >= 11 is 2.09. The van der Waals surface area contributed by atoms with Gasteiger partial charge in [-0.05, 0) is 58.1 Å². The zero-order chi connectivity index (χ0) is 13.1. The van der Waals surface area contributed by atoms with E-state index in [0.29, 0.717) is 6.04 Å². The van der Waals surface area contributed by atoms with Crippen LogP contribution in [0.2, 0.25) is 0 Å². The summed E-state index contributed by atoms with van der Waals surface area (Å²) in [6, 6.07) is 0.413. The van der Waals surface area contributed by atoms with E-state index >= 15 is 0 Å². The number of aromatic nitrogens is 2. The number of aryl methyl sites for hydroxylation is 2. The second kappa shape index (κ2) is 6.11. The van der Waals surface area contributed by atoms with E-state index in [9.17, 15) is 0 Å². The van der Waals surface area contributed by atoms with Crippen molar-refractivity contribution in [1.29, 1.82) is 0 Å². The zero-order valence-corrected chi connectivity index (χ0v) is 12.8. The second-order valence-corrected chi connectivity index (χ2v) is 6.41. The summed E-state index contributed by atoms with van der Waals surface area (Å²) in [6.45, 7) is 10.8. The van der Waals surface area contributed by atoms with Crippen molar-refractivity contribution in [2.24, 2.45) is 5.92 Å². The Labute approximate surface area is 115 Å². The van der Waals surface area contributed by atoms with Crippen LogP contribution in [0.15, 0.2) is 0 Å². The summed E-state index contributed by atoms with van der Waals surface area (Å²) in [6.07, 6.45) is 1.37. The van der Waals surface area contributed by atoms with Crippen molar-refractivity contribution in [2.45, 2.75) is 46.7 Å². The molecule has 0 aliphatic carbocycles. The van der Waals surface area contributed by atoms with E-state index in [1.807, 2.05) is 0 Å². The minimum atomic E-state index is 0.413. The molecule has 0 amide bonds. The SMILES string of the molecule is CCn1nc(C)c(C(C)NCC2CCSC2)c1C. The van der Waals surface area contributed by atoms with Crippen molar-refractivity contribution < 1.29 is 0 Å². The molecule has 0 bridgehead atoms. The van der Waals surface area contributed by atoms with Gasteiger partial charge < -0.3 is 5.32 Å². The normalized spacial score (nSPS) is 21.4. The molecule has 1 aliphatic heterocycles. The Hall–Kier alpha value is -0.480. The Morgan fingerprint density at radius 2 is 2.28 bits per heavy atom. The first-order valence-corrected chi connectivity index (χ1v) is 8.14. The molecule has 2 heterocycles. The van der Waals surface area contributed by atoms with E-state index < -0.39 is 0 Å². The smallest absolute Gasteiger partial charge is 0.0644 e. The zero-order valence-electron chi connectivity index (χ0n) is 12.0. The molecule has 4 heteroatoms. The monoisotopic (exact) mass is 267 g/mol. The Bertz CT molecular complexity index is 394. The number of nitrogens with zero attached hydrogens (tertiary/aromatic N) is 2. The minimum Gasteiger partial charge on any atom is -0.310 e. The fourth-order valence-electron chi connectivity index (χ4n) is 2.84. The molecule has 0 radical (unpaired) electrons. The predicted molar refractivity (Wildman–Crippen MR) is 79.2 cm³/mol. The minimum absolute atomic E-state index is 0.413. The third kappa shape index (κ3) is 2.91. The molecule has 2 rings (SSSR count). The van der Waals surface area contributed by atoms with E-state index in [1.165, 1.54) is 34.9 Å². The average Bonchev–Trinajstić information content (AvgIpc) is 2.94. The molecule has 0 aromatic carbocycles. The molecule has 102 valence electrons. The molecule has 1 aromatic rings. The summed E-state index contributed by atoms with van der Waals surface area (Å²) in [5, 5.41) is 8.30. The highest BCUT2D eigenvalue weighted by molar-refractivity contribution is 7.99. The van der Waals surface area contributed by atoms with Gasteiger partial charge in [0.2, 0.25) is 0 Å². The molecule has 3 nitrogen and oxygen atoms in total. The third-order valence-corrected chi connectivity index (χ3v) is 5.14. The molecule has 2 unspecified atom stereocenters. The van der Waals surface area contributed by atoms with Gasteiger partial charge in [0.1, 0.15) is 0 Å². The summed E-state index contributed by atoms with van der Waals surface area (Å²) in [5.74, 6) is 3.53. The van der Waals surface area contributed by atoms with Gasteiger partial charge in [-0.1, -0.05) is 0 Å². The van der Waals surface area contributed by atoms with Crippen molar-refractivity contribution in [3.05, 3.63) is 17.0 Å². The van der Waals surface area contributed by atoms with Crippen LogP contribution in [0.4, 0.5) is 0 Å². The first-order valence-electron chi connectivity index (χ1n) is 6.98. The molecule has 1 N–H and O–H groups in total. The maximum Gasteiger partial charge on any atom is 0.0644 e. The molecule has 1 aliphatic rings. The van der Waals surface area contributed by atoms with E-state index in [0.717, 1.165) is 19.0 Å². The van der Waals surface area contributed by atoms with Gasteiger partial charge in [0.05, 0.1) is 5.69 Å². The van der Waals surface area contributed by atoms with Gasteiger partial charge in [-0.25, -0.2) is 0 Å². The Morgan fingerprint density at radius 3 is 2.83 bits per heavy atom. The standard InChI is InChI=1S/C14H25N3S/c1-5-17-12(4)14(11(3)16-17)10(2)15-8-13-6-7-18-9-13/h10,13,15H,5-9H2,1-4H3. The van der Waals surface area contributed by atoms with E-state index in [2.05, 4.69) is 54.6 Å². The van der Waals surface area contributed by atoms with Crippen LogP contribution < -0.4 is 5.32 Å². The van der Waals surface area contributed by atoms with Crippen LogP contribution in [0.25, 0.3) is 0 Å². The van der Waals surface area contributed by atoms with Gasteiger partial charge >= 0.3 is 0 Å². The quantitative estimate of drug-likeness (QED) is 0.889. The fraction of sp³-hybridized carbons (Fsp3) is 0.786. The first kappa shape index (κ1) is 13.9. The number of hydrogen-bond donors (Lipinski definition) is 1. The summed E-state index contributed by atoms with van der Waals surface area (Å²) in [4.78, 5) is 0. The molecule has 1 saturated heterocycles. The largest absolute Gasteiger partial charge is 0.310 e. The lowest BCUT2D eigenvalue weighted by Gasteiger charge is -2.17. The molecule has 1 aromatic heterocycles. The molecule has 0 spiro atoms. The van der Waals surface area contributed by atoms with E-state index in [-0.39, 0.29) is 0 Å². The van der Waals surface area contributed by atoms with Crippen molar-refractivity contribution in [1.82, 2.24) is 15.1 Å².